The van der Waals surface area contributed by atoms with Gasteiger partial charge < -0.3 is 4.74 Å². The summed E-state index contributed by atoms with van der Waals surface area (Å²) in [4.78, 5) is 23.8. The molecule has 0 atom stereocenters. The monoisotopic (exact) mass is 422 g/mol. The summed E-state index contributed by atoms with van der Waals surface area (Å²) >= 11 is 6.17. The van der Waals surface area contributed by atoms with Crippen molar-refractivity contribution >= 4 is 37.0 Å². The highest BCUT2D eigenvalue weighted by Gasteiger charge is 2.18. The lowest BCUT2D eigenvalue weighted by atomic mass is 10.2. The third kappa shape index (κ3) is 4.21. The Morgan fingerprint density at radius 1 is 1.29 bits per heavy atom. The number of carbonyl (C=O) groups excluding carboxylic acids is 1. The molecule has 0 amide bonds. The summed E-state index contributed by atoms with van der Waals surface area (Å²) in [7, 11) is -1.22. The van der Waals surface area contributed by atoms with E-state index in [9.17, 15) is 14.0 Å². The molecule has 0 aliphatic carbocycles. The van der Waals surface area contributed by atoms with E-state index in [1.54, 1.807) is 0 Å². The maximum Gasteiger partial charge on any atom is 0.273 e. The molecule has 0 saturated carbocycles. The number of carbonyl (C=O) groups is 1. The van der Waals surface area contributed by atoms with Gasteiger partial charge >= 0.3 is 0 Å². The van der Waals surface area contributed by atoms with E-state index < -0.39 is 19.5 Å². The van der Waals surface area contributed by atoms with Crippen LogP contribution in [-0.4, -0.2) is 40.5 Å². The van der Waals surface area contributed by atoms with Gasteiger partial charge in [-0.1, -0.05) is 37.3 Å². The number of rotatable bonds is 7. The number of fused-ring (bicyclic) bond motifs is 1. The number of hydrogen-bond donors (Lipinski definition) is 0. The van der Waals surface area contributed by atoms with E-state index in [1.807, 2.05) is 0 Å². The van der Waals surface area contributed by atoms with Crippen molar-refractivity contribution in [1.82, 2.24) is 19.6 Å². The van der Waals surface area contributed by atoms with Crippen LogP contribution in [0, 0.1) is 5.82 Å². The van der Waals surface area contributed by atoms with Crippen molar-refractivity contribution in [3.8, 4) is 5.69 Å². The molecule has 28 heavy (non-hydrogen) atoms. The molecule has 0 radical (unpaired) electrons. The first kappa shape index (κ1) is 20.4. The predicted molar refractivity (Wildman–Crippen MR) is 108 cm³/mol. The second-order valence-corrected chi connectivity index (χ2v) is 13.5. The fourth-order valence-corrected chi connectivity index (χ4v) is 3.62. The molecule has 0 aliphatic heterocycles. The largest absolute Gasteiger partial charge is 0.360 e. The molecule has 0 aliphatic rings. The molecular weight excluding hydrogens is 403 g/mol. The zero-order chi connectivity index (χ0) is 20.5. The normalized spacial score (nSPS) is 11.9. The molecule has 0 bridgehead atoms. The molecule has 2 aromatic heterocycles. The zero-order valence-electron chi connectivity index (χ0n) is 15.8. The van der Waals surface area contributed by atoms with E-state index in [-0.39, 0.29) is 28.7 Å². The van der Waals surface area contributed by atoms with Crippen LogP contribution in [0.2, 0.25) is 30.8 Å². The highest BCUT2D eigenvalue weighted by Crippen LogP contribution is 2.22. The molecule has 7 nitrogen and oxygen atoms in total. The lowest BCUT2D eigenvalue weighted by Crippen LogP contribution is -2.23. The molecule has 0 N–H and O–H groups in total. The van der Waals surface area contributed by atoms with Gasteiger partial charge in [-0.3, -0.25) is 9.59 Å². The summed E-state index contributed by atoms with van der Waals surface area (Å²) in [6.07, 6.45) is 0.466. The molecule has 2 heterocycles. The van der Waals surface area contributed by atoms with Crippen LogP contribution >= 0.6 is 11.6 Å². The van der Waals surface area contributed by atoms with Gasteiger partial charge in [0.05, 0.1) is 5.52 Å². The first-order valence-electron chi connectivity index (χ1n) is 8.69. The van der Waals surface area contributed by atoms with Crippen molar-refractivity contribution in [1.29, 1.82) is 0 Å². The van der Waals surface area contributed by atoms with Crippen LogP contribution < -0.4 is 5.56 Å². The van der Waals surface area contributed by atoms with Gasteiger partial charge in [0.15, 0.2) is 11.4 Å². The predicted octanol–water partition coefficient (Wildman–Crippen LogP) is 3.50. The van der Waals surface area contributed by atoms with Gasteiger partial charge in [-0.05, 0) is 18.2 Å². The number of para-hydroxylation sites is 1. The standard InChI is InChI=1S/C18H20ClFN4O3Si/c1-28(2,3)8-7-27-11-23-14-9-15(26)24(21-16(14)18(19)22-23)17-12(10-25)5-4-6-13(17)20/h4-6,9-10H,7-8,11H2,1-3H3. The van der Waals surface area contributed by atoms with Crippen LogP contribution in [0.25, 0.3) is 16.7 Å². The van der Waals surface area contributed by atoms with Crippen LogP contribution in [0.4, 0.5) is 4.39 Å². The number of hydrogen-bond acceptors (Lipinski definition) is 5. The fourth-order valence-electron chi connectivity index (χ4n) is 2.64. The van der Waals surface area contributed by atoms with Crippen LogP contribution in [0.3, 0.4) is 0 Å². The number of benzene rings is 1. The van der Waals surface area contributed by atoms with Gasteiger partial charge in [-0.25, -0.2) is 9.07 Å². The van der Waals surface area contributed by atoms with Crippen LogP contribution in [0.1, 0.15) is 10.4 Å². The van der Waals surface area contributed by atoms with E-state index >= 15 is 0 Å². The van der Waals surface area contributed by atoms with Gasteiger partial charge in [-0.15, -0.1) is 0 Å². The minimum Gasteiger partial charge on any atom is -0.360 e. The van der Waals surface area contributed by atoms with Crippen molar-refractivity contribution in [2.75, 3.05) is 6.61 Å². The third-order valence-electron chi connectivity index (χ3n) is 4.16. The highest BCUT2D eigenvalue weighted by molar-refractivity contribution is 6.76. The van der Waals surface area contributed by atoms with Gasteiger partial charge in [-0.2, -0.15) is 14.9 Å². The molecule has 3 aromatic rings. The number of aldehydes is 1. The van der Waals surface area contributed by atoms with E-state index in [0.29, 0.717) is 18.4 Å². The Kier molecular flexibility index (Phi) is 5.78. The summed E-state index contributed by atoms with van der Waals surface area (Å²) in [5.41, 5.74) is -0.231. The van der Waals surface area contributed by atoms with E-state index in [2.05, 4.69) is 29.8 Å². The van der Waals surface area contributed by atoms with Gasteiger partial charge in [0, 0.05) is 26.3 Å². The molecule has 148 valence electrons. The van der Waals surface area contributed by atoms with Crippen LogP contribution in [0.15, 0.2) is 29.1 Å². The van der Waals surface area contributed by atoms with Crippen LogP contribution in [0.5, 0.6) is 0 Å². The lowest BCUT2D eigenvalue weighted by molar-refractivity contribution is 0.0817. The Morgan fingerprint density at radius 2 is 2.04 bits per heavy atom. The third-order valence-corrected chi connectivity index (χ3v) is 6.12. The van der Waals surface area contributed by atoms with E-state index in [1.165, 1.54) is 22.9 Å². The SMILES string of the molecule is C[Si](C)(C)CCOCn1nc(Cl)c2nn(-c3c(F)cccc3C=O)c(=O)cc21. The Morgan fingerprint density at radius 3 is 2.71 bits per heavy atom. The summed E-state index contributed by atoms with van der Waals surface area (Å²) in [6.45, 7) is 7.45. The quantitative estimate of drug-likeness (QED) is 0.331. The van der Waals surface area contributed by atoms with Crippen LogP contribution in [-0.2, 0) is 11.5 Å². The first-order chi connectivity index (χ1) is 13.2. The Hall–Kier alpha value is -2.36. The highest BCUT2D eigenvalue weighted by atomic mass is 35.5. The smallest absolute Gasteiger partial charge is 0.273 e. The van der Waals surface area contributed by atoms with Crippen molar-refractivity contribution in [3.05, 3.63) is 51.2 Å². The van der Waals surface area contributed by atoms with Gasteiger partial charge in [0.1, 0.15) is 23.8 Å². The Labute approximate surface area is 166 Å². The minimum absolute atomic E-state index is 0.00662. The molecule has 0 unspecified atom stereocenters. The summed E-state index contributed by atoms with van der Waals surface area (Å²) in [6, 6.07) is 6.19. The van der Waals surface area contributed by atoms with Crippen molar-refractivity contribution < 1.29 is 13.9 Å². The maximum atomic E-state index is 14.3. The number of nitrogens with zero attached hydrogens (tertiary/aromatic N) is 4. The summed E-state index contributed by atoms with van der Waals surface area (Å²) in [5, 5.41) is 8.36. The van der Waals surface area contributed by atoms with Gasteiger partial charge in [0.2, 0.25) is 0 Å². The minimum atomic E-state index is -1.22. The zero-order valence-corrected chi connectivity index (χ0v) is 17.5. The molecule has 0 saturated heterocycles. The molecule has 0 spiro atoms. The maximum absolute atomic E-state index is 14.3. The first-order valence-corrected chi connectivity index (χ1v) is 12.8. The lowest BCUT2D eigenvalue weighted by Gasteiger charge is -2.15. The second-order valence-electron chi connectivity index (χ2n) is 7.56. The fraction of sp³-hybridized carbons (Fsp3) is 0.333. The van der Waals surface area contributed by atoms with E-state index in [4.69, 9.17) is 16.3 Å². The second kappa shape index (κ2) is 7.94. The Balaban J connectivity index is 1.99. The molecule has 3 rings (SSSR count). The number of halogens is 2. The number of ether oxygens (including phenoxy) is 1. The number of aromatic nitrogens is 4. The molecule has 10 heteroatoms. The summed E-state index contributed by atoms with van der Waals surface area (Å²) < 4.78 is 22.2. The van der Waals surface area contributed by atoms with Crippen molar-refractivity contribution in [2.24, 2.45) is 0 Å². The molecule has 1 aromatic carbocycles. The summed E-state index contributed by atoms with van der Waals surface area (Å²) in [5.74, 6) is -0.739. The average molecular weight is 423 g/mol. The van der Waals surface area contributed by atoms with E-state index in [0.717, 1.165) is 16.8 Å². The average Bonchev–Trinajstić information content (AvgIpc) is 2.92. The van der Waals surface area contributed by atoms with Gasteiger partial charge in [0.25, 0.3) is 5.56 Å². The molecule has 0 fully saturated rings. The topological polar surface area (TPSA) is 79.0 Å². The van der Waals surface area contributed by atoms with Crippen molar-refractivity contribution in [3.63, 3.8) is 0 Å². The van der Waals surface area contributed by atoms with Crippen molar-refractivity contribution in [2.45, 2.75) is 32.4 Å². The Bertz CT molecular complexity index is 1090. The molecular formula is C18H20ClFN4O3Si.